The third-order valence-corrected chi connectivity index (χ3v) is 3.31. The first-order chi connectivity index (χ1) is 8.89. The molecule has 1 aromatic heterocycles. The fourth-order valence-corrected chi connectivity index (χ4v) is 2.31. The van der Waals surface area contributed by atoms with Gasteiger partial charge in [0.2, 0.25) is 5.91 Å². The zero-order valence-corrected chi connectivity index (χ0v) is 11.8. The van der Waals surface area contributed by atoms with Gasteiger partial charge in [-0.1, -0.05) is 18.2 Å². The largest absolute Gasteiger partial charge is 0.444 e. The summed E-state index contributed by atoms with van der Waals surface area (Å²) in [5, 5.41) is 4.64. The van der Waals surface area contributed by atoms with Gasteiger partial charge < -0.3 is 15.5 Å². The summed E-state index contributed by atoms with van der Waals surface area (Å²) in [4.78, 5) is 11.0. The van der Waals surface area contributed by atoms with Crippen molar-refractivity contribution in [2.75, 3.05) is 0 Å². The van der Waals surface area contributed by atoms with Gasteiger partial charge in [-0.25, -0.2) is 0 Å². The number of hydrogen-bond donors (Lipinski definition) is 2. The number of primary amides is 1. The van der Waals surface area contributed by atoms with Gasteiger partial charge in [0.15, 0.2) is 5.22 Å². The monoisotopic (exact) mass is 280 g/mol. The average molecular weight is 281 g/mol. The maximum Gasteiger partial charge on any atom is 0.219 e. The molecular weight excluding hydrogens is 264 g/mol. The van der Waals surface area contributed by atoms with Crippen LogP contribution in [0.5, 0.6) is 0 Å². The molecule has 0 saturated carbocycles. The van der Waals surface area contributed by atoms with Gasteiger partial charge in [0.1, 0.15) is 5.58 Å². The summed E-state index contributed by atoms with van der Waals surface area (Å²) in [6, 6.07) is 7.67. The second-order valence-corrected chi connectivity index (χ2v) is 5.57. The van der Waals surface area contributed by atoms with Crippen molar-refractivity contribution in [1.82, 2.24) is 5.32 Å². The number of carbonyl (C=O) groups excluding carboxylic acids is 1. The Morgan fingerprint density at radius 3 is 2.79 bits per heavy atom. The van der Waals surface area contributed by atoms with Crippen molar-refractivity contribution in [3.8, 4) is 0 Å². The van der Waals surface area contributed by atoms with Gasteiger partial charge in [0, 0.05) is 29.5 Å². The van der Waals surface area contributed by atoms with E-state index in [0.717, 1.165) is 16.5 Å². The van der Waals surface area contributed by atoms with E-state index in [-0.39, 0.29) is 17.9 Å². The van der Waals surface area contributed by atoms with Crippen LogP contribution in [0.25, 0.3) is 11.0 Å². The predicted molar refractivity (Wildman–Crippen MR) is 76.0 cm³/mol. The highest BCUT2D eigenvalue weighted by Gasteiger charge is 2.21. The van der Waals surface area contributed by atoms with Crippen LogP contribution in [-0.2, 0) is 11.3 Å². The summed E-state index contributed by atoms with van der Waals surface area (Å²) in [6.07, 6.45) is 0.264. The quantitative estimate of drug-likeness (QED) is 0.885. The van der Waals surface area contributed by atoms with E-state index in [2.05, 4.69) is 5.32 Å². The molecule has 102 valence electrons. The number of para-hydroxylation sites is 1. The summed E-state index contributed by atoms with van der Waals surface area (Å²) >= 11 is 6.10. The van der Waals surface area contributed by atoms with E-state index in [1.165, 1.54) is 0 Å². The van der Waals surface area contributed by atoms with Crippen LogP contribution in [0.1, 0.15) is 25.8 Å². The normalized spacial score (nSPS) is 11.9. The molecule has 19 heavy (non-hydrogen) atoms. The van der Waals surface area contributed by atoms with Gasteiger partial charge in [-0.2, -0.15) is 0 Å². The SMILES string of the molecule is CC(C)(CC(N)=O)NCc1c(Cl)oc2ccccc12. The summed E-state index contributed by atoms with van der Waals surface area (Å²) in [7, 11) is 0. The number of fused-ring (bicyclic) bond motifs is 1. The van der Waals surface area contributed by atoms with E-state index in [1.807, 2.05) is 38.1 Å². The third-order valence-electron chi connectivity index (χ3n) is 3.01. The fourth-order valence-electron chi connectivity index (χ4n) is 2.06. The van der Waals surface area contributed by atoms with Crippen LogP contribution in [0.2, 0.25) is 5.22 Å². The first kappa shape index (κ1) is 13.9. The van der Waals surface area contributed by atoms with Crippen LogP contribution < -0.4 is 11.1 Å². The van der Waals surface area contributed by atoms with Crippen LogP contribution in [0.15, 0.2) is 28.7 Å². The van der Waals surface area contributed by atoms with Crippen molar-refractivity contribution in [3.63, 3.8) is 0 Å². The Bertz CT molecular complexity index is 605. The second kappa shape index (κ2) is 5.23. The minimum absolute atomic E-state index is 0.264. The summed E-state index contributed by atoms with van der Waals surface area (Å²) in [5.74, 6) is -0.333. The van der Waals surface area contributed by atoms with E-state index in [1.54, 1.807) is 0 Å². The standard InChI is InChI=1S/C14H17ClN2O2/c1-14(2,7-12(16)18)17-8-10-9-5-3-4-6-11(9)19-13(10)15/h3-6,17H,7-8H2,1-2H3,(H2,16,18). The Morgan fingerprint density at radius 2 is 2.11 bits per heavy atom. The molecule has 2 aromatic rings. The van der Waals surface area contributed by atoms with Crippen molar-refractivity contribution in [2.45, 2.75) is 32.4 Å². The minimum atomic E-state index is -0.381. The summed E-state index contributed by atoms with van der Waals surface area (Å²) < 4.78 is 5.48. The molecule has 1 amide bonds. The Kier molecular flexibility index (Phi) is 3.83. The van der Waals surface area contributed by atoms with Crippen molar-refractivity contribution in [2.24, 2.45) is 5.73 Å². The molecule has 0 unspecified atom stereocenters. The van der Waals surface area contributed by atoms with Crippen LogP contribution in [0, 0.1) is 0 Å². The van der Waals surface area contributed by atoms with Crippen molar-refractivity contribution in [1.29, 1.82) is 0 Å². The Morgan fingerprint density at radius 1 is 1.42 bits per heavy atom. The van der Waals surface area contributed by atoms with Gasteiger partial charge in [-0.15, -0.1) is 0 Å². The molecular formula is C14H17ClN2O2. The maximum absolute atomic E-state index is 11.0. The van der Waals surface area contributed by atoms with E-state index in [9.17, 15) is 4.79 Å². The Hall–Kier alpha value is -1.52. The number of benzene rings is 1. The van der Waals surface area contributed by atoms with Crippen LogP contribution in [0.4, 0.5) is 0 Å². The highest BCUT2D eigenvalue weighted by atomic mass is 35.5. The highest BCUT2D eigenvalue weighted by molar-refractivity contribution is 6.30. The van der Waals surface area contributed by atoms with Crippen LogP contribution in [0.3, 0.4) is 0 Å². The average Bonchev–Trinajstić information content (AvgIpc) is 2.60. The van der Waals surface area contributed by atoms with Gasteiger partial charge in [0.25, 0.3) is 0 Å². The number of hydrogen-bond acceptors (Lipinski definition) is 3. The lowest BCUT2D eigenvalue weighted by molar-refractivity contribution is -0.119. The van der Waals surface area contributed by atoms with Gasteiger partial charge in [0.05, 0.1) is 0 Å². The molecule has 0 saturated heterocycles. The molecule has 0 fully saturated rings. The van der Waals surface area contributed by atoms with Gasteiger partial charge in [-0.3, -0.25) is 4.79 Å². The third kappa shape index (κ3) is 3.28. The van der Waals surface area contributed by atoms with E-state index >= 15 is 0 Å². The lowest BCUT2D eigenvalue weighted by Crippen LogP contribution is -2.42. The summed E-state index contributed by atoms with van der Waals surface area (Å²) in [6.45, 7) is 4.37. The van der Waals surface area contributed by atoms with Crippen molar-refractivity contribution >= 4 is 28.5 Å². The van der Waals surface area contributed by atoms with Gasteiger partial charge in [-0.05, 0) is 31.5 Å². The molecule has 0 spiro atoms. The summed E-state index contributed by atoms with van der Waals surface area (Å²) in [5.41, 5.74) is 6.50. The number of halogens is 1. The van der Waals surface area contributed by atoms with E-state index < -0.39 is 0 Å². The molecule has 0 radical (unpaired) electrons. The zero-order valence-electron chi connectivity index (χ0n) is 11.0. The number of furan rings is 1. The maximum atomic E-state index is 11.0. The Labute approximate surface area is 116 Å². The molecule has 0 aliphatic carbocycles. The number of nitrogens with two attached hydrogens (primary N) is 1. The predicted octanol–water partition coefficient (Wildman–Crippen LogP) is 2.83. The van der Waals surface area contributed by atoms with Gasteiger partial charge >= 0.3 is 0 Å². The molecule has 5 heteroatoms. The van der Waals surface area contributed by atoms with E-state index in [4.69, 9.17) is 21.8 Å². The first-order valence-corrected chi connectivity index (χ1v) is 6.46. The second-order valence-electron chi connectivity index (χ2n) is 5.23. The number of nitrogens with one attached hydrogen (secondary N) is 1. The van der Waals surface area contributed by atoms with Crippen molar-refractivity contribution < 1.29 is 9.21 Å². The lowest BCUT2D eigenvalue weighted by Gasteiger charge is -2.24. The minimum Gasteiger partial charge on any atom is -0.444 e. The number of rotatable bonds is 5. The molecule has 0 bridgehead atoms. The van der Waals surface area contributed by atoms with Crippen LogP contribution in [-0.4, -0.2) is 11.4 Å². The van der Waals surface area contributed by atoms with Crippen molar-refractivity contribution in [3.05, 3.63) is 35.0 Å². The number of carbonyl (C=O) groups is 1. The van der Waals surface area contributed by atoms with E-state index in [0.29, 0.717) is 11.8 Å². The molecule has 3 N–H and O–H groups in total. The molecule has 2 rings (SSSR count). The molecule has 0 atom stereocenters. The molecule has 1 heterocycles. The molecule has 0 aliphatic heterocycles. The fraction of sp³-hybridized carbons (Fsp3) is 0.357. The number of amides is 1. The Balaban J connectivity index is 2.18. The lowest BCUT2D eigenvalue weighted by atomic mass is 10.00. The smallest absolute Gasteiger partial charge is 0.219 e. The highest BCUT2D eigenvalue weighted by Crippen LogP contribution is 2.29. The zero-order chi connectivity index (χ0) is 14.0. The molecule has 4 nitrogen and oxygen atoms in total. The molecule has 0 aliphatic rings. The topological polar surface area (TPSA) is 68.3 Å². The first-order valence-electron chi connectivity index (χ1n) is 6.08. The molecule has 1 aromatic carbocycles. The van der Waals surface area contributed by atoms with Crippen LogP contribution >= 0.6 is 11.6 Å².